The van der Waals surface area contributed by atoms with Crippen molar-refractivity contribution < 1.29 is 17.9 Å². The molecule has 158 valence electrons. The lowest BCUT2D eigenvalue weighted by atomic mass is 10.1. The predicted molar refractivity (Wildman–Crippen MR) is 117 cm³/mol. The number of sulfonamides is 1. The van der Waals surface area contributed by atoms with Crippen molar-refractivity contribution in [2.75, 3.05) is 17.7 Å². The topological polar surface area (TPSA) is 75.7 Å². The molecular formula is C22H30N2O4S. The smallest absolute Gasteiger partial charge is 0.244 e. The van der Waals surface area contributed by atoms with Gasteiger partial charge in [0.1, 0.15) is 11.8 Å². The molecule has 1 amide bonds. The number of aryl methyl sites for hydroxylation is 2. The number of hydrogen-bond donors (Lipinski definition) is 1. The lowest BCUT2D eigenvalue weighted by Crippen LogP contribution is -2.49. The summed E-state index contributed by atoms with van der Waals surface area (Å²) in [6.07, 6.45) is 1.48. The van der Waals surface area contributed by atoms with Crippen LogP contribution in [-0.2, 0) is 14.8 Å². The summed E-state index contributed by atoms with van der Waals surface area (Å²) < 4.78 is 31.6. The molecule has 0 spiro atoms. The standard InChI is InChI=1S/C22H30N2O4S/c1-7-21(22(25)23-17(4)18-9-12-20(28-5)13-10-18)24(29(6,26)27)19-11-8-15(2)16(3)14-19/h8-14,17,21H,7H2,1-6H3,(H,23,25)/t17-,21+/m0/s1. The van der Waals surface area contributed by atoms with Crippen LogP contribution < -0.4 is 14.4 Å². The molecular weight excluding hydrogens is 388 g/mol. The summed E-state index contributed by atoms with van der Waals surface area (Å²) in [6, 6.07) is 11.7. The Balaban J connectivity index is 2.30. The van der Waals surface area contributed by atoms with Gasteiger partial charge in [-0.3, -0.25) is 9.10 Å². The Morgan fingerprint density at radius 2 is 1.72 bits per heavy atom. The van der Waals surface area contributed by atoms with Crippen molar-refractivity contribution >= 4 is 21.6 Å². The van der Waals surface area contributed by atoms with Crippen LogP contribution in [0.25, 0.3) is 0 Å². The highest BCUT2D eigenvalue weighted by atomic mass is 32.2. The number of benzene rings is 2. The molecule has 2 atom stereocenters. The van der Waals surface area contributed by atoms with Gasteiger partial charge in [0.05, 0.1) is 25.1 Å². The molecule has 2 rings (SSSR count). The Bertz CT molecular complexity index is 955. The summed E-state index contributed by atoms with van der Waals surface area (Å²) in [5.41, 5.74) is 3.44. The normalized spacial score (nSPS) is 13.4. The first-order valence-corrected chi connectivity index (χ1v) is 11.4. The zero-order valence-electron chi connectivity index (χ0n) is 17.9. The average Bonchev–Trinajstić information content (AvgIpc) is 2.67. The molecule has 0 aromatic heterocycles. The maximum atomic E-state index is 13.1. The van der Waals surface area contributed by atoms with Gasteiger partial charge in [0, 0.05) is 0 Å². The van der Waals surface area contributed by atoms with E-state index in [2.05, 4.69) is 5.32 Å². The van der Waals surface area contributed by atoms with Gasteiger partial charge in [-0.15, -0.1) is 0 Å². The van der Waals surface area contributed by atoms with Crippen molar-refractivity contribution in [1.29, 1.82) is 0 Å². The van der Waals surface area contributed by atoms with Gasteiger partial charge in [-0.05, 0) is 68.1 Å². The van der Waals surface area contributed by atoms with Crippen LogP contribution in [0, 0.1) is 13.8 Å². The van der Waals surface area contributed by atoms with E-state index < -0.39 is 16.1 Å². The van der Waals surface area contributed by atoms with Gasteiger partial charge in [0.2, 0.25) is 15.9 Å². The van der Waals surface area contributed by atoms with Crippen LogP contribution in [0.3, 0.4) is 0 Å². The van der Waals surface area contributed by atoms with Gasteiger partial charge in [0.25, 0.3) is 0 Å². The third-order valence-electron chi connectivity index (χ3n) is 5.05. The molecule has 7 heteroatoms. The van der Waals surface area contributed by atoms with E-state index in [1.807, 2.05) is 58.0 Å². The summed E-state index contributed by atoms with van der Waals surface area (Å²) in [5.74, 6) is 0.399. The summed E-state index contributed by atoms with van der Waals surface area (Å²) in [4.78, 5) is 13.1. The lowest BCUT2D eigenvalue weighted by molar-refractivity contribution is -0.122. The second-order valence-corrected chi connectivity index (χ2v) is 9.11. The Kier molecular flexibility index (Phi) is 7.30. The zero-order chi connectivity index (χ0) is 21.8. The highest BCUT2D eigenvalue weighted by Crippen LogP contribution is 2.26. The molecule has 0 radical (unpaired) electrons. The molecule has 0 unspecified atom stereocenters. The number of nitrogens with zero attached hydrogens (tertiary/aromatic N) is 1. The van der Waals surface area contributed by atoms with E-state index in [9.17, 15) is 13.2 Å². The van der Waals surface area contributed by atoms with Gasteiger partial charge in [-0.1, -0.05) is 25.1 Å². The fourth-order valence-electron chi connectivity index (χ4n) is 3.21. The number of anilines is 1. The first-order chi connectivity index (χ1) is 13.6. The van der Waals surface area contributed by atoms with Crippen molar-refractivity contribution in [3.05, 3.63) is 59.2 Å². The van der Waals surface area contributed by atoms with E-state index in [1.54, 1.807) is 19.2 Å². The largest absolute Gasteiger partial charge is 0.497 e. The first kappa shape index (κ1) is 22.7. The molecule has 0 bridgehead atoms. The minimum atomic E-state index is -3.66. The van der Waals surface area contributed by atoms with Gasteiger partial charge >= 0.3 is 0 Å². The van der Waals surface area contributed by atoms with E-state index in [-0.39, 0.29) is 11.9 Å². The van der Waals surface area contributed by atoms with Crippen LogP contribution >= 0.6 is 0 Å². The summed E-state index contributed by atoms with van der Waals surface area (Å²) in [7, 11) is -2.06. The van der Waals surface area contributed by atoms with Gasteiger partial charge in [-0.25, -0.2) is 8.42 Å². The van der Waals surface area contributed by atoms with Crippen LogP contribution in [-0.4, -0.2) is 33.7 Å². The first-order valence-electron chi connectivity index (χ1n) is 9.59. The molecule has 0 aliphatic heterocycles. The summed E-state index contributed by atoms with van der Waals surface area (Å²) >= 11 is 0. The highest BCUT2D eigenvalue weighted by Gasteiger charge is 2.32. The highest BCUT2D eigenvalue weighted by molar-refractivity contribution is 7.92. The number of nitrogens with one attached hydrogen (secondary N) is 1. The zero-order valence-corrected chi connectivity index (χ0v) is 18.7. The Labute approximate surface area is 173 Å². The van der Waals surface area contributed by atoms with Crippen molar-refractivity contribution in [2.45, 2.75) is 46.2 Å². The van der Waals surface area contributed by atoms with E-state index in [1.165, 1.54) is 4.31 Å². The molecule has 0 aliphatic carbocycles. The molecule has 0 fully saturated rings. The van der Waals surface area contributed by atoms with Crippen LogP contribution in [0.4, 0.5) is 5.69 Å². The lowest BCUT2D eigenvalue weighted by Gasteiger charge is -2.31. The Hall–Kier alpha value is -2.54. The monoisotopic (exact) mass is 418 g/mol. The van der Waals surface area contributed by atoms with E-state index in [4.69, 9.17) is 4.74 Å². The minimum absolute atomic E-state index is 0.274. The van der Waals surface area contributed by atoms with Gasteiger partial charge < -0.3 is 10.1 Å². The average molecular weight is 419 g/mol. The second-order valence-electron chi connectivity index (χ2n) is 7.25. The summed E-state index contributed by atoms with van der Waals surface area (Å²) in [6.45, 7) is 7.56. The molecule has 2 aromatic rings. The molecule has 1 N–H and O–H groups in total. The summed E-state index contributed by atoms with van der Waals surface area (Å²) in [5, 5.41) is 2.95. The predicted octanol–water partition coefficient (Wildman–Crippen LogP) is 3.73. The van der Waals surface area contributed by atoms with Crippen molar-refractivity contribution in [3.8, 4) is 5.75 Å². The van der Waals surface area contributed by atoms with Crippen LogP contribution in [0.5, 0.6) is 5.75 Å². The van der Waals surface area contributed by atoms with Crippen molar-refractivity contribution in [3.63, 3.8) is 0 Å². The molecule has 0 heterocycles. The van der Waals surface area contributed by atoms with E-state index in [0.717, 1.165) is 28.7 Å². The number of carbonyl (C=O) groups is 1. The van der Waals surface area contributed by atoms with Crippen LogP contribution in [0.1, 0.15) is 43.0 Å². The van der Waals surface area contributed by atoms with Gasteiger partial charge in [-0.2, -0.15) is 0 Å². The van der Waals surface area contributed by atoms with Crippen LogP contribution in [0.15, 0.2) is 42.5 Å². The van der Waals surface area contributed by atoms with Crippen molar-refractivity contribution in [2.24, 2.45) is 0 Å². The molecule has 2 aromatic carbocycles. The van der Waals surface area contributed by atoms with E-state index in [0.29, 0.717) is 12.1 Å². The number of ether oxygens (including phenoxy) is 1. The number of amides is 1. The molecule has 6 nitrogen and oxygen atoms in total. The molecule has 0 saturated carbocycles. The van der Waals surface area contributed by atoms with E-state index >= 15 is 0 Å². The quantitative estimate of drug-likeness (QED) is 0.709. The minimum Gasteiger partial charge on any atom is -0.497 e. The van der Waals surface area contributed by atoms with Gasteiger partial charge in [0.15, 0.2) is 0 Å². The Morgan fingerprint density at radius 1 is 1.10 bits per heavy atom. The van der Waals surface area contributed by atoms with Crippen LogP contribution in [0.2, 0.25) is 0 Å². The molecule has 29 heavy (non-hydrogen) atoms. The third kappa shape index (κ3) is 5.50. The fourth-order valence-corrected chi connectivity index (χ4v) is 4.41. The third-order valence-corrected chi connectivity index (χ3v) is 6.23. The number of carbonyl (C=O) groups excluding carboxylic acids is 1. The second kappa shape index (κ2) is 9.31. The van der Waals surface area contributed by atoms with Crippen molar-refractivity contribution in [1.82, 2.24) is 5.32 Å². The SMILES string of the molecule is CC[C@H](C(=O)N[C@@H](C)c1ccc(OC)cc1)N(c1ccc(C)c(C)c1)S(C)(=O)=O. The maximum Gasteiger partial charge on any atom is 0.244 e. The number of methoxy groups -OCH3 is 1. The number of rotatable bonds is 8. The fraction of sp³-hybridized carbons (Fsp3) is 0.409. The molecule has 0 saturated heterocycles. The molecule has 0 aliphatic rings. The number of hydrogen-bond acceptors (Lipinski definition) is 4. The maximum absolute atomic E-state index is 13.1. The Morgan fingerprint density at radius 3 is 2.21 bits per heavy atom.